The summed E-state index contributed by atoms with van der Waals surface area (Å²) in [6.07, 6.45) is 1.54. The van der Waals surface area contributed by atoms with Gasteiger partial charge in [-0.1, -0.05) is 39.0 Å². The van der Waals surface area contributed by atoms with Crippen LogP contribution in [0.15, 0.2) is 41.4 Å². The maximum atomic E-state index is 13.1. The monoisotopic (exact) mass is 358 g/mol. The number of aromatic nitrogens is 3. The van der Waals surface area contributed by atoms with Crippen molar-refractivity contribution in [3.63, 3.8) is 0 Å². The molecule has 2 heterocycles. The van der Waals surface area contributed by atoms with Crippen LogP contribution >= 0.6 is 0 Å². The topological polar surface area (TPSA) is 76.9 Å². The second-order valence-electron chi connectivity index (χ2n) is 7.20. The molecule has 132 valence electrons. The van der Waals surface area contributed by atoms with Gasteiger partial charge in [-0.25, -0.2) is 8.42 Å². The number of aryl methyl sites for hydroxylation is 2. The average molecular weight is 358 g/mol. The predicted octanol–water partition coefficient (Wildman–Crippen LogP) is 3.38. The van der Waals surface area contributed by atoms with Crippen LogP contribution in [-0.4, -0.2) is 23.2 Å². The van der Waals surface area contributed by atoms with Gasteiger partial charge in [0.2, 0.25) is 0 Å². The van der Waals surface area contributed by atoms with Gasteiger partial charge >= 0.3 is 0 Å². The van der Waals surface area contributed by atoms with Crippen LogP contribution in [0.2, 0.25) is 0 Å². The fourth-order valence-corrected chi connectivity index (χ4v) is 4.24. The van der Waals surface area contributed by atoms with E-state index in [2.05, 4.69) is 14.8 Å². The molecule has 0 aliphatic rings. The van der Waals surface area contributed by atoms with Crippen molar-refractivity contribution in [1.29, 1.82) is 0 Å². The van der Waals surface area contributed by atoms with Crippen LogP contribution in [0.5, 0.6) is 0 Å². The molecule has 0 atom stereocenters. The van der Waals surface area contributed by atoms with E-state index in [1.54, 1.807) is 19.3 Å². The summed E-state index contributed by atoms with van der Waals surface area (Å²) in [6, 6.07) is 9.21. The number of benzene rings is 1. The van der Waals surface area contributed by atoms with Crippen LogP contribution in [0, 0.1) is 6.92 Å². The molecule has 2 aromatic heterocycles. The van der Waals surface area contributed by atoms with Gasteiger partial charge in [0.25, 0.3) is 10.0 Å². The molecule has 7 heteroatoms. The van der Waals surface area contributed by atoms with Gasteiger partial charge in [-0.05, 0) is 19.1 Å². The quantitative estimate of drug-likeness (QED) is 0.779. The first-order valence-electron chi connectivity index (χ1n) is 8.01. The SMILES string of the molecule is Cc1cc(NS(=O)(=O)c2cn(C)nc2C(C)(C)C)c2ccccc2n1. The van der Waals surface area contributed by atoms with E-state index in [9.17, 15) is 8.42 Å². The average Bonchev–Trinajstić information content (AvgIpc) is 2.90. The Morgan fingerprint density at radius 1 is 1.16 bits per heavy atom. The van der Waals surface area contributed by atoms with Crippen LogP contribution in [0.25, 0.3) is 10.9 Å². The highest BCUT2D eigenvalue weighted by molar-refractivity contribution is 7.92. The van der Waals surface area contributed by atoms with Crippen molar-refractivity contribution in [3.05, 3.63) is 47.9 Å². The Balaban J connectivity index is 2.13. The molecule has 0 fully saturated rings. The van der Waals surface area contributed by atoms with Crippen molar-refractivity contribution in [3.8, 4) is 0 Å². The van der Waals surface area contributed by atoms with E-state index in [-0.39, 0.29) is 10.3 Å². The van der Waals surface area contributed by atoms with Crippen molar-refractivity contribution >= 4 is 26.6 Å². The number of sulfonamides is 1. The van der Waals surface area contributed by atoms with Gasteiger partial charge in [0, 0.05) is 29.7 Å². The lowest BCUT2D eigenvalue weighted by Gasteiger charge is -2.18. The van der Waals surface area contributed by atoms with Gasteiger partial charge in [-0.2, -0.15) is 5.10 Å². The summed E-state index contributed by atoms with van der Waals surface area (Å²) in [5.41, 5.74) is 2.17. The lowest BCUT2D eigenvalue weighted by Crippen LogP contribution is -2.20. The van der Waals surface area contributed by atoms with Gasteiger partial charge in [0.15, 0.2) is 0 Å². The highest BCUT2D eigenvalue weighted by Gasteiger charge is 2.30. The summed E-state index contributed by atoms with van der Waals surface area (Å²) in [5, 5.41) is 5.12. The van der Waals surface area contributed by atoms with Crippen molar-refractivity contribution < 1.29 is 8.42 Å². The molecule has 1 aromatic carbocycles. The fraction of sp³-hybridized carbons (Fsp3) is 0.333. The van der Waals surface area contributed by atoms with Crippen LogP contribution in [0.1, 0.15) is 32.2 Å². The smallest absolute Gasteiger partial charge is 0.265 e. The molecule has 0 saturated heterocycles. The molecule has 3 aromatic rings. The first kappa shape index (κ1) is 17.4. The standard InChI is InChI=1S/C18H22N4O2S/c1-12-10-15(13-8-6-7-9-14(13)19-12)21-25(23,24)16-11-22(5)20-17(16)18(2,3)4/h6-11H,1-5H3,(H,19,21). The Hall–Kier alpha value is -2.41. The zero-order valence-corrected chi connectivity index (χ0v) is 15.8. The Bertz CT molecular complexity index is 1050. The Morgan fingerprint density at radius 3 is 2.52 bits per heavy atom. The Kier molecular flexibility index (Phi) is 4.07. The summed E-state index contributed by atoms with van der Waals surface area (Å²) in [5.74, 6) is 0. The molecule has 25 heavy (non-hydrogen) atoms. The first-order chi connectivity index (χ1) is 11.6. The maximum absolute atomic E-state index is 13.1. The van der Waals surface area contributed by atoms with E-state index in [0.29, 0.717) is 11.4 Å². The van der Waals surface area contributed by atoms with Crippen LogP contribution in [0.4, 0.5) is 5.69 Å². The summed E-state index contributed by atoms with van der Waals surface area (Å²) in [7, 11) is -2.05. The van der Waals surface area contributed by atoms with E-state index in [1.165, 1.54) is 4.68 Å². The fourth-order valence-electron chi connectivity index (χ4n) is 2.77. The van der Waals surface area contributed by atoms with Gasteiger partial charge in [0.1, 0.15) is 4.90 Å². The third-order valence-electron chi connectivity index (χ3n) is 3.88. The number of hydrogen-bond acceptors (Lipinski definition) is 4. The number of fused-ring (bicyclic) bond motifs is 1. The highest BCUT2D eigenvalue weighted by atomic mass is 32.2. The largest absolute Gasteiger partial charge is 0.279 e. The number of pyridine rings is 1. The molecule has 6 nitrogen and oxygen atoms in total. The minimum atomic E-state index is -3.78. The van der Waals surface area contributed by atoms with Crippen LogP contribution < -0.4 is 4.72 Å². The van der Waals surface area contributed by atoms with Gasteiger partial charge < -0.3 is 0 Å². The second-order valence-corrected chi connectivity index (χ2v) is 8.85. The summed E-state index contributed by atoms with van der Waals surface area (Å²) in [6.45, 7) is 7.68. The Morgan fingerprint density at radius 2 is 1.84 bits per heavy atom. The van der Waals surface area contributed by atoms with E-state index >= 15 is 0 Å². The van der Waals surface area contributed by atoms with Crippen molar-refractivity contribution in [2.24, 2.45) is 7.05 Å². The molecular weight excluding hydrogens is 336 g/mol. The number of rotatable bonds is 3. The third-order valence-corrected chi connectivity index (χ3v) is 5.25. The molecular formula is C18H22N4O2S. The molecule has 1 N–H and O–H groups in total. The summed E-state index contributed by atoms with van der Waals surface area (Å²) in [4.78, 5) is 4.64. The third kappa shape index (κ3) is 3.37. The zero-order chi connectivity index (χ0) is 18.4. The normalized spacial score (nSPS) is 12.5. The molecule has 0 bridgehead atoms. The molecule has 0 saturated carbocycles. The van der Waals surface area contributed by atoms with Gasteiger partial charge in [-0.3, -0.25) is 14.4 Å². The molecule has 0 aliphatic carbocycles. The lowest BCUT2D eigenvalue weighted by atomic mass is 9.92. The molecule has 0 unspecified atom stereocenters. The Labute approximate surface area is 147 Å². The zero-order valence-electron chi connectivity index (χ0n) is 15.0. The first-order valence-corrected chi connectivity index (χ1v) is 9.49. The van der Waals surface area contributed by atoms with E-state index < -0.39 is 10.0 Å². The van der Waals surface area contributed by atoms with Crippen molar-refractivity contribution in [2.45, 2.75) is 38.0 Å². The summed E-state index contributed by atoms with van der Waals surface area (Å²) < 4.78 is 30.4. The maximum Gasteiger partial charge on any atom is 0.265 e. The molecule has 3 rings (SSSR count). The molecule has 0 radical (unpaired) electrons. The number of para-hydroxylation sites is 1. The van der Waals surface area contributed by atoms with E-state index in [0.717, 1.165) is 16.6 Å². The minimum absolute atomic E-state index is 0.195. The highest BCUT2D eigenvalue weighted by Crippen LogP contribution is 2.30. The van der Waals surface area contributed by atoms with Gasteiger partial charge in [-0.15, -0.1) is 0 Å². The predicted molar refractivity (Wildman–Crippen MR) is 99.2 cm³/mol. The van der Waals surface area contributed by atoms with Crippen LogP contribution in [0.3, 0.4) is 0 Å². The molecule has 0 aliphatic heterocycles. The number of nitrogens with zero attached hydrogens (tertiary/aromatic N) is 3. The lowest BCUT2D eigenvalue weighted by molar-refractivity contribution is 0.539. The summed E-state index contributed by atoms with van der Waals surface area (Å²) >= 11 is 0. The van der Waals surface area contributed by atoms with Crippen molar-refractivity contribution in [1.82, 2.24) is 14.8 Å². The molecule has 0 amide bonds. The number of nitrogens with one attached hydrogen (secondary N) is 1. The van der Waals surface area contributed by atoms with Crippen LogP contribution in [-0.2, 0) is 22.5 Å². The van der Waals surface area contributed by atoms with Gasteiger partial charge in [0.05, 0.1) is 16.9 Å². The van der Waals surface area contributed by atoms with E-state index in [4.69, 9.17) is 0 Å². The minimum Gasteiger partial charge on any atom is -0.279 e. The number of hydrogen-bond donors (Lipinski definition) is 1. The molecule has 0 spiro atoms. The number of anilines is 1. The van der Waals surface area contributed by atoms with Crippen molar-refractivity contribution in [2.75, 3.05) is 4.72 Å². The second kappa shape index (κ2) is 5.84. The van der Waals surface area contributed by atoms with E-state index in [1.807, 2.05) is 52.0 Å².